The minimum absolute atomic E-state index is 0.266. The summed E-state index contributed by atoms with van der Waals surface area (Å²) in [6.45, 7) is 1.54. The Bertz CT molecular complexity index is 1250. The predicted molar refractivity (Wildman–Crippen MR) is 108 cm³/mol. The zero-order valence-corrected chi connectivity index (χ0v) is 16.2. The highest BCUT2D eigenvalue weighted by atomic mass is 35.5. The van der Waals surface area contributed by atoms with Crippen molar-refractivity contribution in [3.8, 4) is 11.3 Å². The molecule has 0 saturated heterocycles. The summed E-state index contributed by atoms with van der Waals surface area (Å²) in [5.74, 6) is -0.779. The van der Waals surface area contributed by atoms with E-state index in [0.29, 0.717) is 21.0 Å². The van der Waals surface area contributed by atoms with Crippen molar-refractivity contribution in [1.82, 2.24) is 14.8 Å². The Morgan fingerprint density at radius 3 is 2.50 bits per heavy atom. The van der Waals surface area contributed by atoms with Crippen LogP contribution in [0.5, 0.6) is 0 Å². The van der Waals surface area contributed by atoms with Gasteiger partial charge in [0.25, 0.3) is 5.56 Å². The number of aryl methyl sites for hydroxylation is 1. The van der Waals surface area contributed by atoms with Crippen molar-refractivity contribution >= 4 is 38.9 Å². The van der Waals surface area contributed by atoms with Crippen molar-refractivity contribution in [2.45, 2.75) is 13.5 Å². The number of aromatic nitrogens is 3. The van der Waals surface area contributed by atoms with E-state index in [0.717, 1.165) is 15.3 Å². The van der Waals surface area contributed by atoms with Gasteiger partial charge >= 0.3 is 0 Å². The maximum absolute atomic E-state index is 13.1. The van der Waals surface area contributed by atoms with Crippen LogP contribution in [0.15, 0.2) is 53.3 Å². The van der Waals surface area contributed by atoms with Gasteiger partial charge in [-0.1, -0.05) is 23.7 Å². The van der Waals surface area contributed by atoms with Crippen LogP contribution in [0.2, 0.25) is 5.02 Å². The third-order valence-electron chi connectivity index (χ3n) is 4.18. The summed E-state index contributed by atoms with van der Waals surface area (Å²) in [5.41, 5.74) is 1.46. The van der Waals surface area contributed by atoms with Gasteiger partial charge < -0.3 is 0 Å². The zero-order valence-electron chi connectivity index (χ0n) is 14.6. The number of thiazole rings is 1. The number of halogens is 2. The predicted octanol–water partition coefficient (Wildman–Crippen LogP) is 4.50. The van der Waals surface area contributed by atoms with Gasteiger partial charge in [0, 0.05) is 16.1 Å². The van der Waals surface area contributed by atoms with Crippen LogP contribution in [0, 0.1) is 12.7 Å². The summed E-state index contributed by atoms with van der Waals surface area (Å²) in [5, 5.41) is 5.75. The summed E-state index contributed by atoms with van der Waals surface area (Å²) >= 11 is 7.34. The van der Waals surface area contributed by atoms with Crippen LogP contribution in [0.4, 0.5) is 4.39 Å². The van der Waals surface area contributed by atoms with Crippen LogP contribution < -0.4 is 5.56 Å². The average molecular weight is 414 g/mol. The summed E-state index contributed by atoms with van der Waals surface area (Å²) in [6, 6.07) is 12.2. The molecule has 0 amide bonds. The molecule has 0 radical (unpaired) electrons. The van der Waals surface area contributed by atoms with Crippen molar-refractivity contribution in [3.63, 3.8) is 0 Å². The molecule has 4 aromatic rings. The summed E-state index contributed by atoms with van der Waals surface area (Å²) in [6.07, 6.45) is 0. The van der Waals surface area contributed by atoms with Crippen LogP contribution >= 0.6 is 22.9 Å². The molecule has 4 rings (SSSR count). The Morgan fingerprint density at radius 1 is 1.14 bits per heavy atom. The fourth-order valence-electron chi connectivity index (χ4n) is 2.83. The lowest BCUT2D eigenvalue weighted by Crippen LogP contribution is -2.27. The molecular formula is C20H13ClFN3O2S. The number of fused-ring (bicyclic) bond motifs is 1. The van der Waals surface area contributed by atoms with Gasteiger partial charge in [-0.05, 0) is 43.3 Å². The van der Waals surface area contributed by atoms with Gasteiger partial charge in [-0.2, -0.15) is 5.10 Å². The molecule has 0 atom stereocenters. The number of carbonyl (C=O) groups excluding carboxylic acids is 1. The number of rotatable bonds is 4. The molecule has 140 valence electrons. The van der Waals surface area contributed by atoms with Crippen molar-refractivity contribution in [2.75, 3.05) is 0 Å². The fourth-order valence-corrected chi connectivity index (χ4v) is 3.88. The van der Waals surface area contributed by atoms with E-state index in [2.05, 4.69) is 10.1 Å². The van der Waals surface area contributed by atoms with E-state index in [4.69, 9.17) is 11.6 Å². The molecule has 0 N–H and O–H groups in total. The van der Waals surface area contributed by atoms with E-state index >= 15 is 0 Å². The molecule has 2 heterocycles. The first-order valence-corrected chi connectivity index (χ1v) is 9.55. The second-order valence-corrected chi connectivity index (χ2v) is 7.80. The van der Waals surface area contributed by atoms with Crippen LogP contribution in [0.25, 0.3) is 21.5 Å². The van der Waals surface area contributed by atoms with Crippen LogP contribution in [0.1, 0.15) is 15.4 Å². The van der Waals surface area contributed by atoms with Gasteiger partial charge in [0.05, 0.1) is 9.71 Å². The van der Waals surface area contributed by atoms with Gasteiger partial charge in [0.15, 0.2) is 11.3 Å². The lowest BCUT2D eigenvalue weighted by Gasteiger charge is -2.08. The van der Waals surface area contributed by atoms with E-state index in [-0.39, 0.29) is 17.8 Å². The van der Waals surface area contributed by atoms with Crippen molar-refractivity contribution in [2.24, 2.45) is 0 Å². The molecule has 8 heteroatoms. The minimum atomic E-state index is -0.437. The van der Waals surface area contributed by atoms with Gasteiger partial charge in [-0.25, -0.2) is 14.1 Å². The number of carbonyl (C=O) groups is 1. The Balaban J connectivity index is 1.83. The molecule has 0 spiro atoms. The lowest BCUT2D eigenvalue weighted by atomic mass is 10.1. The highest BCUT2D eigenvalue weighted by Crippen LogP contribution is 2.30. The Kier molecular flexibility index (Phi) is 4.78. The topological polar surface area (TPSA) is 64.8 Å². The van der Waals surface area contributed by atoms with E-state index < -0.39 is 11.4 Å². The van der Waals surface area contributed by atoms with Crippen LogP contribution in [0.3, 0.4) is 0 Å². The van der Waals surface area contributed by atoms with Crippen molar-refractivity contribution in [3.05, 3.63) is 80.3 Å². The molecule has 2 aromatic heterocycles. The van der Waals surface area contributed by atoms with Gasteiger partial charge in [0.1, 0.15) is 18.1 Å². The highest BCUT2D eigenvalue weighted by molar-refractivity contribution is 7.19. The van der Waals surface area contributed by atoms with E-state index in [1.54, 1.807) is 24.3 Å². The van der Waals surface area contributed by atoms with E-state index in [1.807, 2.05) is 6.92 Å². The minimum Gasteiger partial charge on any atom is -0.292 e. The average Bonchev–Trinajstić information content (AvgIpc) is 3.07. The largest absolute Gasteiger partial charge is 0.294 e. The van der Waals surface area contributed by atoms with E-state index in [9.17, 15) is 14.0 Å². The van der Waals surface area contributed by atoms with Gasteiger partial charge in [0.2, 0.25) is 0 Å². The first kappa shape index (κ1) is 18.5. The maximum Gasteiger partial charge on any atom is 0.294 e. The van der Waals surface area contributed by atoms with Gasteiger partial charge in [-0.15, -0.1) is 11.3 Å². The molecule has 28 heavy (non-hydrogen) atoms. The Hall–Kier alpha value is -2.90. The molecule has 0 aliphatic carbocycles. The number of hydrogen-bond acceptors (Lipinski definition) is 5. The summed E-state index contributed by atoms with van der Waals surface area (Å²) in [7, 11) is 0. The van der Waals surface area contributed by atoms with Crippen molar-refractivity contribution in [1.29, 1.82) is 0 Å². The summed E-state index contributed by atoms with van der Waals surface area (Å²) in [4.78, 5) is 29.7. The molecule has 0 aliphatic rings. The smallest absolute Gasteiger partial charge is 0.292 e. The van der Waals surface area contributed by atoms with Gasteiger partial charge in [-0.3, -0.25) is 9.59 Å². The van der Waals surface area contributed by atoms with Crippen LogP contribution in [-0.4, -0.2) is 20.5 Å². The normalized spacial score (nSPS) is 11.1. The number of benzene rings is 2. The molecule has 0 saturated carbocycles. The second kappa shape index (κ2) is 7.26. The molecule has 0 unspecified atom stereocenters. The molecule has 0 bridgehead atoms. The maximum atomic E-state index is 13.1. The number of ketones is 1. The molecular weight excluding hydrogens is 401 g/mol. The Morgan fingerprint density at radius 2 is 1.82 bits per heavy atom. The highest BCUT2D eigenvalue weighted by Gasteiger charge is 2.18. The number of hydrogen-bond donors (Lipinski definition) is 0. The monoisotopic (exact) mass is 413 g/mol. The quantitative estimate of drug-likeness (QED) is 0.462. The zero-order chi connectivity index (χ0) is 19.8. The van der Waals surface area contributed by atoms with Crippen LogP contribution in [-0.2, 0) is 6.54 Å². The third-order valence-corrected chi connectivity index (χ3v) is 5.41. The lowest BCUT2D eigenvalue weighted by molar-refractivity contribution is 0.0966. The SMILES string of the molecule is Cc1nc2c(=O)n(CC(=O)c3ccc(F)cc3)nc(-c3ccc(Cl)cc3)c2s1. The summed E-state index contributed by atoms with van der Waals surface area (Å²) < 4.78 is 14.9. The van der Waals surface area contributed by atoms with Crippen molar-refractivity contribution < 1.29 is 9.18 Å². The first-order chi connectivity index (χ1) is 13.4. The van der Waals surface area contributed by atoms with E-state index in [1.165, 1.54) is 35.6 Å². The number of Topliss-reactive ketones (excluding diaryl/α,β-unsaturated/α-hetero) is 1. The molecule has 0 fully saturated rings. The Labute approximate surface area is 168 Å². The standard InChI is InChI=1S/C20H13ClFN3O2S/c1-11-23-18-19(28-11)17(13-2-6-14(21)7-3-13)24-25(20(18)27)10-16(26)12-4-8-15(22)9-5-12/h2-9H,10H2,1H3. The molecule has 2 aromatic carbocycles. The third kappa shape index (κ3) is 3.46. The first-order valence-electron chi connectivity index (χ1n) is 8.35. The second-order valence-electron chi connectivity index (χ2n) is 6.16. The number of nitrogens with zero attached hydrogens (tertiary/aromatic N) is 3. The molecule has 5 nitrogen and oxygen atoms in total. The molecule has 0 aliphatic heterocycles. The fraction of sp³-hybridized carbons (Fsp3) is 0.100.